The van der Waals surface area contributed by atoms with Crippen molar-refractivity contribution in [1.29, 1.82) is 0 Å². The van der Waals surface area contributed by atoms with Crippen LogP contribution in [0.25, 0.3) is 0 Å². The molecule has 1 heterocycles. The van der Waals surface area contributed by atoms with Gasteiger partial charge in [-0.1, -0.05) is 25.3 Å². The Hall–Kier alpha value is -1.71. The number of hydrogen-bond acceptors (Lipinski definition) is 3. The van der Waals surface area contributed by atoms with Crippen LogP contribution in [0.5, 0.6) is 0 Å². The summed E-state index contributed by atoms with van der Waals surface area (Å²) in [4.78, 5) is 12.6. The van der Waals surface area contributed by atoms with Crippen molar-refractivity contribution in [3.05, 3.63) is 23.8 Å². The lowest BCUT2D eigenvalue weighted by Crippen LogP contribution is -2.47. The van der Waals surface area contributed by atoms with E-state index in [1.807, 2.05) is 18.2 Å². The van der Waals surface area contributed by atoms with Crippen LogP contribution < -0.4 is 16.0 Å². The second kappa shape index (κ2) is 5.35. The summed E-state index contributed by atoms with van der Waals surface area (Å²) in [6, 6.07) is 5.86. The minimum atomic E-state index is -0.0415. The Morgan fingerprint density at radius 3 is 2.70 bits per heavy atom. The summed E-state index contributed by atoms with van der Waals surface area (Å²) in [5.74, 6) is 0.0439. The van der Waals surface area contributed by atoms with Gasteiger partial charge in [0.1, 0.15) is 0 Å². The van der Waals surface area contributed by atoms with Crippen molar-refractivity contribution in [2.75, 3.05) is 23.7 Å². The molecule has 1 aromatic rings. The number of rotatable bonds is 2. The fourth-order valence-corrected chi connectivity index (χ4v) is 3.26. The van der Waals surface area contributed by atoms with E-state index in [9.17, 15) is 4.79 Å². The molecular weight excluding hydrogens is 250 g/mol. The third kappa shape index (κ3) is 2.60. The number of carbonyl (C=O) groups excluding carboxylic acids is 1. The first-order chi connectivity index (χ1) is 9.68. The lowest BCUT2D eigenvalue weighted by molar-refractivity contribution is 0.0883. The minimum Gasteiger partial charge on any atom is -0.382 e. The van der Waals surface area contributed by atoms with Gasteiger partial charge in [0, 0.05) is 18.6 Å². The fraction of sp³-hybridized carbons (Fsp3) is 0.562. The topological polar surface area (TPSA) is 53.2 Å². The van der Waals surface area contributed by atoms with Gasteiger partial charge in [0.2, 0.25) is 0 Å². The van der Waals surface area contributed by atoms with Gasteiger partial charge < -0.3 is 16.0 Å². The van der Waals surface area contributed by atoms with Crippen LogP contribution in [0.1, 0.15) is 49.4 Å². The van der Waals surface area contributed by atoms with E-state index < -0.39 is 0 Å². The van der Waals surface area contributed by atoms with Crippen molar-refractivity contribution in [3.8, 4) is 0 Å². The molecule has 1 aliphatic heterocycles. The van der Waals surface area contributed by atoms with E-state index in [1.54, 1.807) is 0 Å². The highest BCUT2D eigenvalue weighted by Gasteiger charge is 2.29. The third-order valence-electron chi connectivity index (χ3n) is 4.42. The van der Waals surface area contributed by atoms with Gasteiger partial charge >= 0.3 is 0 Å². The number of para-hydroxylation sites is 1. The molecule has 2 aliphatic rings. The number of benzene rings is 1. The van der Waals surface area contributed by atoms with Crippen LogP contribution in [0.15, 0.2) is 18.2 Å². The molecule has 1 saturated carbocycles. The van der Waals surface area contributed by atoms with Crippen molar-refractivity contribution in [1.82, 2.24) is 5.32 Å². The summed E-state index contributed by atoms with van der Waals surface area (Å²) >= 11 is 0. The second-order valence-corrected chi connectivity index (χ2v) is 6.16. The standard InChI is InChI=1S/C16H23N3O/c1-16(8-3-2-4-9-16)19-15(20)12-6-5-7-13-14(12)18-11-10-17-13/h5-7,17-18H,2-4,8-11H2,1H3,(H,19,20). The monoisotopic (exact) mass is 273 g/mol. The summed E-state index contributed by atoms with van der Waals surface area (Å²) in [6.07, 6.45) is 5.88. The van der Waals surface area contributed by atoms with E-state index in [-0.39, 0.29) is 11.4 Å². The Morgan fingerprint density at radius 2 is 1.90 bits per heavy atom. The van der Waals surface area contributed by atoms with Gasteiger partial charge in [-0.3, -0.25) is 4.79 Å². The lowest BCUT2D eigenvalue weighted by atomic mass is 9.83. The first kappa shape index (κ1) is 13.3. The molecule has 0 atom stereocenters. The molecule has 0 aromatic heterocycles. The van der Waals surface area contributed by atoms with E-state index in [0.29, 0.717) is 0 Å². The predicted octanol–water partition coefficient (Wildman–Crippen LogP) is 2.98. The van der Waals surface area contributed by atoms with Gasteiger partial charge in [-0.25, -0.2) is 0 Å². The van der Waals surface area contributed by atoms with E-state index >= 15 is 0 Å². The molecule has 4 heteroatoms. The molecule has 4 nitrogen and oxygen atoms in total. The zero-order valence-electron chi connectivity index (χ0n) is 12.1. The highest BCUT2D eigenvalue weighted by atomic mass is 16.1. The summed E-state index contributed by atoms with van der Waals surface area (Å²) < 4.78 is 0. The van der Waals surface area contributed by atoms with Crippen molar-refractivity contribution in [2.45, 2.75) is 44.6 Å². The highest BCUT2D eigenvalue weighted by Crippen LogP contribution is 2.31. The molecule has 20 heavy (non-hydrogen) atoms. The molecule has 1 aliphatic carbocycles. The van der Waals surface area contributed by atoms with Gasteiger partial charge in [0.05, 0.1) is 16.9 Å². The number of hydrogen-bond donors (Lipinski definition) is 3. The lowest BCUT2D eigenvalue weighted by Gasteiger charge is -2.35. The zero-order chi connectivity index (χ0) is 14.0. The molecular formula is C16H23N3O. The normalized spacial score (nSPS) is 20.2. The van der Waals surface area contributed by atoms with Crippen molar-refractivity contribution in [3.63, 3.8) is 0 Å². The van der Waals surface area contributed by atoms with Crippen LogP contribution in [0.3, 0.4) is 0 Å². The second-order valence-electron chi connectivity index (χ2n) is 6.16. The summed E-state index contributed by atoms with van der Waals surface area (Å²) in [5, 5.41) is 9.92. The molecule has 108 valence electrons. The predicted molar refractivity (Wildman–Crippen MR) is 82.4 cm³/mol. The molecule has 0 saturated heterocycles. The van der Waals surface area contributed by atoms with Gasteiger partial charge in [-0.15, -0.1) is 0 Å². The van der Waals surface area contributed by atoms with Crippen LogP contribution in [0.2, 0.25) is 0 Å². The van der Waals surface area contributed by atoms with Crippen molar-refractivity contribution >= 4 is 17.3 Å². The minimum absolute atomic E-state index is 0.0415. The van der Waals surface area contributed by atoms with Gasteiger partial charge in [0.25, 0.3) is 5.91 Å². The van der Waals surface area contributed by atoms with E-state index in [2.05, 4.69) is 22.9 Å². The molecule has 1 amide bonds. The van der Waals surface area contributed by atoms with Crippen LogP contribution in [0.4, 0.5) is 11.4 Å². The van der Waals surface area contributed by atoms with Gasteiger partial charge in [-0.2, -0.15) is 0 Å². The molecule has 0 radical (unpaired) electrons. The number of amides is 1. The fourth-order valence-electron chi connectivity index (χ4n) is 3.26. The Kier molecular flexibility index (Phi) is 3.55. The van der Waals surface area contributed by atoms with Crippen LogP contribution >= 0.6 is 0 Å². The Balaban J connectivity index is 1.80. The SMILES string of the molecule is CC1(NC(=O)c2cccc3c2NCCN3)CCCCC1. The first-order valence-corrected chi connectivity index (χ1v) is 7.61. The number of anilines is 2. The van der Waals surface area contributed by atoms with Crippen LogP contribution in [0, 0.1) is 0 Å². The zero-order valence-corrected chi connectivity index (χ0v) is 12.1. The maximum Gasteiger partial charge on any atom is 0.253 e. The summed E-state index contributed by atoms with van der Waals surface area (Å²) in [6.45, 7) is 3.93. The molecule has 3 rings (SSSR count). The average molecular weight is 273 g/mol. The maximum atomic E-state index is 12.6. The summed E-state index contributed by atoms with van der Waals surface area (Å²) in [7, 11) is 0. The van der Waals surface area contributed by atoms with Crippen molar-refractivity contribution < 1.29 is 4.79 Å². The Morgan fingerprint density at radius 1 is 1.15 bits per heavy atom. The molecule has 0 unspecified atom stereocenters. The van der Waals surface area contributed by atoms with E-state index in [0.717, 1.165) is 42.9 Å². The Bertz CT molecular complexity index is 506. The number of nitrogens with one attached hydrogen (secondary N) is 3. The molecule has 0 spiro atoms. The molecule has 3 N–H and O–H groups in total. The Labute approximate surface area is 120 Å². The van der Waals surface area contributed by atoms with E-state index in [4.69, 9.17) is 0 Å². The van der Waals surface area contributed by atoms with Crippen LogP contribution in [-0.2, 0) is 0 Å². The van der Waals surface area contributed by atoms with Crippen molar-refractivity contribution in [2.24, 2.45) is 0 Å². The molecule has 0 bridgehead atoms. The molecule has 1 fully saturated rings. The number of carbonyl (C=O) groups is 1. The van der Waals surface area contributed by atoms with E-state index in [1.165, 1.54) is 19.3 Å². The summed E-state index contributed by atoms with van der Waals surface area (Å²) in [5.41, 5.74) is 2.68. The molecule has 1 aromatic carbocycles. The largest absolute Gasteiger partial charge is 0.382 e. The first-order valence-electron chi connectivity index (χ1n) is 7.61. The smallest absolute Gasteiger partial charge is 0.253 e. The third-order valence-corrected chi connectivity index (χ3v) is 4.42. The highest BCUT2D eigenvalue weighted by molar-refractivity contribution is 6.03. The average Bonchev–Trinajstić information content (AvgIpc) is 2.47. The number of fused-ring (bicyclic) bond motifs is 1. The van der Waals surface area contributed by atoms with Gasteiger partial charge in [0.15, 0.2) is 0 Å². The van der Waals surface area contributed by atoms with Gasteiger partial charge in [-0.05, 0) is 31.9 Å². The quantitative estimate of drug-likeness (QED) is 0.776. The maximum absolute atomic E-state index is 12.6. The van der Waals surface area contributed by atoms with Crippen LogP contribution in [-0.4, -0.2) is 24.5 Å².